The molecule has 4 rings (SSSR count). The van der Waals surface area contributed by atoms with Crippen molar-refractivity contribution in [1.29, 1.82) is 0 Å². The maximum Gasteiger partial charge on any atom is 4.00 e. The molecule has 0 fully saturated rings. The van der Waals surface area contributed by atoms with E-state index in [0.717, 1.165) is 38.1 Å². The molecular formula is C26H20F4O4Ti. The topological polar surface area (TPSA) is 52.6 Å². The van der Waals surface area contributed by atoms with Gasteiger partial charge in [0.1, 0.15) is 0 Å². The van der Waals surface area contributed by atoms with Crippen LogP contribution in [0, 0.1) is 35.4 Å². The maximum absolute atomic E-state index is 12.4. The summed E-state index contributed by atoms with van der Waals surface area (Å²) in [6.45, 7) is 2.29. The summed E-state index contributed by atoms with van der Waals surface area (Å²) < 4.78 is 58.4. The van der Waals surface area contributed by atoms with E-state index < -0.39 is 35.2 Å². The van der Waals surface area contributed by atoms with Gasteiger partial charge in [-0.25, -0.2) is 41.8 Å². The molecule has 0 heterocycles. The third kappa shape index (κ3) is 16.7. The molecule has 0 saturated carbocycles. The first-order valence-corrected chi connectivity index (χ1v) is 9.62. The molecular weight excluding hydrogens is 500 g/mol. The Bertz CT molecular complexity index is 950. The second kappa shape index (κ2) is 17.9. The summed E-state index contributed by atoms with van der Waals surface area (Å²) in [4.78, 5) is 20.7. The van der Waals surface area contributed by atoms with Gasteiger partial charge in [-0.15, -0.1) is 12.1 Å². The Labute approximate surface area is 215 Å². The molecule has 0 amide bonds. The Morgan fingerprint density at radius 3 is 1.06 bits per heavy atom. The summed E-state index contributed by atoms with van der Waals surface area (Å²) in [6, 6.07) is 27.0. The zero-order chi connectivity index (χ0) is 25.3. The second-order valence-electron chi connectivity index (χ2n) is 6.14. The Hall–Kier alpha value is -3.49. The molecule has 9 heteroatoms. The molecule has 0 N–H and O–H groups in total. The van der Waals surface area contributed by atoms with Gasteiger partial charge in [0.05, 0.1) is 0 Å². The number of hydrogen-bond donors (Lipinski definition) is 0. The minimum absolute atomic E-state index is 0. The van der Waals surface area contributed by atoms with Gasteiger partial charge in [-0.3, -0.25) is 9.59 Å². The second-order valence-corrected chi connectivity index (χ2v) is 6.14. The normalized spacial score (nSPS) is 8.86. The average molecular weight is 520 g/mol. The summed E-state index contributed by atoms with van der Waals surface area (Å²) in [5.41, 5.74) is 0. The van der Waals surface area contributed by atoms with Crippen LogP contribution in [-0.2, 0) is 31.3 Å². The number of benzene rings is 2. The van der Waals surface area contributed by atoms with E-state index in [9.17, 15) is 27.2 Å². The summed E-state index contributed by atoms with van der Waals surface area (Å²) in [5.74, 6) is -5.15. The smallest absolute Gasteiger partial charge is 0.453 e. The van der Waals surface area contributed by atoms with E-state index in [4.69, 9.17) is 0 Å². The number of rotatable bonds is 2. The van der Waals surface area contributed by atoms with Gasteiger partial charge in [0.15, 0.2) is 0 Å². The van der Waals surface area contributed by atoms with Crippen LogP contribution in [0.25, 0.3) is 0 Å². The summed E-state index contributed by atoms with van der Waals surface area (Å²) in [6.07, 6.45) is 0. The molecule has 0 radical (unpaired) electrons. The van der Waals surface area contributed by atoms with Crippen molar-refractivity contribution in [2.75, 3.05) is 0 Å². The third-order valence-electron chi connectivity index (χ3n) is 3.19. The van der Waals surface area contributed by atoms with Crippen molar-refractivity contribution in [1.82, 2.24) is 0 Å². The molecule has 0 unspecified atom stereocenters. The Morgan fingerprint density at radius 1 is 0.629 bits per heavy atom. The van der Waals surface area contributed by atoms with Crippen LogP contribution in [0.3, 0.4) is 0 Å². The Balaban J connectivity index is 0.000000468. The molecule has 180 valence electrons. The van der Waals surface area contributed by atoms with Gasteiger partial charge in [0.2, 0.25) is 0 Å². The fourth-order valence-electron chi connectivity index (χ4n) is 2.05. The van der Waals surface area contributed by atoms with E-state index in [1.807, 2.05) is 60.7 Å². The number of ether oxygens (including phenoxy) is 2. The summed E-state index contributed by atoms with van der Waals surface area (Å²) >= 11 is 0. The SMILES string of the molecule is CC(=O)Oc1cc(F)[c-]c(F)c1.CC(=O)Oc1cc(F)[c-]c(F)c1.[Ti+4].c1cc[cH-]c1.c1cc[cH-]c1. The molecule has 0 spiro atoms. The molecule has 4 aromatic rings. The van der Waals surface area contributed by atoms with Crippen molar-refractivity contribution in [2.45, 2.75) is 13.8 Å². The fourth-order valence-corrected chi connectivity index (χ4v) is 2.05. The van der Waals surface area contributed by atoms with Crippen molar-refractivity contribution < 1.29 is 58.3 Å². The zero-order valence-corrected chi connectivity index (χ0v) is 20.3. The molecule has 35 heavy (non-hydrogen) atoms. The van der Waals surface area contributed by atoms with Gasteiger partial charge in [-0.2, -0.15) is 36.4 Å². The quantitative estimate of drug-likeness (QED) is 0.104. The fraction of sp³-hybridized carbons (Fsp3) is 0.0769. The molecule has 0 atom stereocenters. The van der Waals surface area contributed by atoms with Gasteiger partial charge >= 0.3 is 33.7 Å². The van der Waals surface area contributed by atoms with Crippen LogP contribution in [0.4, 0.5) is 17.6 Å². The minimum atomic E-state index is -0.897. The molecule has 0 aliphatic rings. The first-order chi connectivity index (χ1) is 16.2. The Morgan fingerprint density at radius 2 is 0.886 bits per heavy atom. The first kappa shape index (κ1) is 31.5. The largest absolute Gasteiger partial charge is 4.00 e. The number of esters is 2. The molecule has 0 saturated heterocycles. The number of carbonyl (C=O) groups is 2. The molecule has 4 nitrogen and oxygen atoms in total. The van der Waals surface area contributed by atoms with Gasteiger partial charge < -0.3 is 9.47 Å². The first-order valence-electron chi connectivity index (χ1n) is 9.62. The van der Waals surface area contributed by atoms with E-state index >= 15 is 0 Å². The standard InChI is InChI=1S/2C8H5F2O2.2C5H5.Ti/c2*1-5(11)12-8-3-6(9)2-7(10)4-8;2*1-2-4-5-3-1;/h2*3-4H,1H3;2*1-5H;/q4*-1;+4. The van der Waals surface area contributed by atoms with Crippen molar-refractivity contribution in [3.8, 4) is 11.5 Å². The minimum Gasteiger partial charge on any atom is -0.453 e. The predicted molar refractivity (Wildman–Crippen MR) is 117 cm³/mol. The molecule has 0 aliphatic carbocycles. The van der Waals surface area contributed by atoms with Crippen LogP contribution >= 0.6 is 0 Å². The van der Waals surface area contributed by atoms with Gasteiger partial charge in [-0.05, 0) is 0 Å². The predicted octanol–water partition coefficient (Wildman–Crippen LogP) is 6.19. The molecule has 4 aromatic carbocycles. The average Bonchev–Trinajstić information content (AvgIpc) is 3.45. The van der Waals surface area contributed by atoms with E-state index in [0.29, 0.717) is 0 Å². The summed E-state index contributed by atoms with van der Waals surface area (Å²) in [7, 11) is 0. The van der Waals surface area contributed by atoms with Crippen molar-refractivity contribution in [2.24, 2.45) is 0 Å². The molecule has 0 aromatic heterocycles. The van der Waals surface area contributed by atoms with Crippen molar-refractivity contribution >= 4 is 11.9 Å². The molecule has 0 bridgehead atoms. The number of hydrogen-bond acceptors (Lipinski definition) is 4. The van der Waals surface area contributed by atoms with E-state index in [1.165, 1.54) is 0 Å². The number of carbonyl (C=O) groups excluding carboxylic acids is 2. The van der Waals surface area contributed by atoms with Crippen LogP contribution in [0.5, 0.6) is 11.5 Å². The summed E-state index contributed by atoms with van der Waals surface area (Å²) in [5, 5.41) is 0. The van der Waals surface area contributed by atoms with Gasteiger partial charge in [0.25, 0.3) is 0 Å². The van der Waals surface area contributed by atoms with Crippen LogP contribution < -0.4 is 9.47 Å². The van der Waals surface area contributed by atoms with Gasteiger partial charge in [0, 0.05) is 48.6 Å². The van der Waals surface area contributed by atoms with Crippen LogP contribution in [0.1, 0.15) is 13.8 Å². The van der Waals surface area contributed by atoms with Crippen molar-refractivity contribution in [3.05, 3.63) is 120 Å². The maximum atomic E-state index is 12.4. The van der Waals surface area contributed by atoms with Crippen LogP contribution in [0.15, 0.2) is 84.9 Å². The zero-order valence-electron chi connectivity index (χ0n) is 18.7. The van der Waals surface area contributed by atoms with Gasteiger partial charge in [-0.1, -0.05) is 24.3 Å². The molecule has 0 aliphatic heterocycles. The van der Waals surface area contributed by atoms with E-state index in [1.54, 1.807) is 12.1 Å². The monoisotopic (exact) mass is 520 g/mol. The van der Waals surface area contributed by atoms with E-state index in [2.05, 4.69) is 9.47 Å². The van der Waals surface area contributed by atoms with Crippen molar-refractivity contribution in [3.63, 3.8) is 0 Å². The Kier molecular flexibility index (Phi) is 16.1. The van der Waals surface area contributed by atoms with Crippen LogP contribution in [0.2, 0.25) is 0 Å². The van der Waals surface area contributed by atoms with Crippen LogP contribution in [-0.4, -0.2) is 11.9 Å². The number of halogens is 4. The third-order valence-corrected chi connectivity index (χ3v) is 3.19. The van der Waals surface area contributed by atoms with E-state index in [-0.39, 0.29) is 33.2 Å².